The normalized spacial score (nSPS) is 23.4. The van der Waals surface area contributed by atoms with Gasteiger partial charge in [-0.25, -0.2) is 0 Å². The maximum absolute atomic E-state index is 13.5. The van der Waals surface area contributed by atoms with E-state index in [2.05, 4.69) is 13.0 Å². The minimum atomic E-state index is -0.876. The van der Waals surface area contributed by atoms with E-state index in [-0.39, 0.29) is 24.3 Å². The maximum Gasteiger partial charge on any atom is 0.308 e. The molecule has 0 saturated carbocycles. The number of aliphatic carboxylic acids is 1. The molecule has 3 heterocycles. The lowest BCUT2D eigenvalue weighted by molar-refractivity contribution is -0.144. The molecule has 2 saturated heterocycles. The van der Waals surface area contributed by atoms with Crippen LogP contribution in [0.25, 0.3) is 0 Å². The van der Waals surface area contributed by atoms with Crippen LogP contribution in [0.3, 0.4) is 0 Å². The highest BCUT2D eigenvalue weighted by molar-refractivity contribution is 5.80. The number of nitrogens with two attached hydrogens (primary N) is 1. The molecule has 1 aromatic carbocycles. The van der Waals surface area contributed by atoms with Gasteiger partial charge >= 0.3 is 5.97 Å². The summed E-state index contributed by atoms with van der Waals surface area (Å²) in [6.45, 7) is 6.32. The highest BCUT2D eigenvalue weighted by Crippen LogP contribution is 2.40. The number of rotatable bonds is 13. The summed E-state index contributed by atoms with van der Waals surface area (Å²) in [6, 6.07) is 5.56. The van der Waals surface area contributed by atoms with Crippen LogP contribution in [0.15, 0.2) is 18.2 Å². The van der Waals surface area contributed by atoms with E-state index in [1.165, 1.54) is 0 Å². The van der Waals surface area contributed by atoms with Crippen LogP contribution in [-0.2, 0) is 20.8 Å². The molecule has 1 unspecified atom stereocenters. The predicted molar refractivity (Wildman–Crippen MR) is 140 cm³/mol. The quantitative estimate of drug-likeness (QED) is 0.387. The van der Waals surface area contributed by atoms with Gasteiger partial charge in [-0.3, -0.25) is 19.3 Å². The van der Waals surface area contributed by atoms with E-state index in [0.717, 1.165) is 55.4 Å². The van der Waals surface area contributed by atoms with Crippen LogP contribution in [0.4, 0.5) is 0 Å². The minimum Gasteiger partial charge on any atom is -0.493 e. The second kappa shape index (κ2) is 12.7. The van der Waals surface area contributed by atoms with Crippen LogP contribution >= 0.6 is 0 Å². The van der Waals surface area contributed by atoms with Crippen molar-refractivity contribution in [2.45, 2.75) is 63.8 Å². The van der Waals surface area contributed by atoms with Crippen molar-refractivity contribution < 1.29 is 24.2 Å². The summed E-state index contributed by atoms with van der Waals surface area (Å²) in [4.78, 5) is 44.4. The lowest BCUT2D eigenvalue weighted by Crippen LogP contribution is -2.49. The number of unbranched alkanes of at least 4 members (excludes halogenated alkanes) is 2. The van der Waals surface area contributed by atoms with Gasteiger partial charge < -0.3 is 25.4 Å². The molecule has 9 nitrogen and oxygen atoms in total. The average Bonchev–Trinajstić information content (AvgIpc) is 3.60. The lowest BCUT2D eigenvalue weighted by atomic mass is 9.84. The van der Waals surface area contributed by atoms with Crippen LogP contribution < -0.4 is 10.5 Å². The second-order valence-electron chi connectivity index (χ2n) is 10.6. The molecule has 204 valence electrons. The molecule has 3 aliphatic heterocycles. The molecule has 3 atom stereocenters. The van der Waals surface area contributed by atoms with Crippen molar-refractivity contribution in [3.05, 3.63) is 29.3 Å². The van der Waals surface area contributed by atoms with E-state index in [4.69, 9.17) is 10.5 Å². The molecular formula is C28H42N4O5. The molecule has 4 rings (SSSR count). The third-order valence-electron chi connectivity index (χ3n) is 8.11. The van der Waals surface area contributed by atoms with E-state index in [1.807, 2.05) is 21.9 Å². The van der Waals surface area contributed by atoms with Crippen LogP contribution in [-0.4, -0.2) is 96.1 Å². The first-order chi connectivity index (χ1) is 17.9. The third kappa shape index (κ3) is 6.44. The van der Waals surface area contributed by atoms with Crippen LogP contribution in [0.1, 0.15) is 62.5 Å². The van der Waals surface area contributed by atoms with Gasteiger partial charge in [-0.1, -0.05) is 25.5 Å². The summed E-state index contributed by atoms with van der Waals surface area (Å²) in [5.74, 6) is -0.888. The van der Waals surface area contributed by atoms with E-state index in [9.17, 15) is 19.5 Å². The van der Waals surface area contributed by atoms with Gasteiger partial charge in [0.2, 0.25) is 11.8 Å². The van der Waals surface area contributed by atoms with Crippen LogP contribution in [0.2, 0.25) is 0 Å². The van der Waals surface area contributed by atoms with Crippen LogP contribution in [0.5, 0.6) is 5.75 Å². The number of likely N-dealkylation sites (tertiary alicyclic amines) is 2. The highest BCUT2D eigenvalue weighted by atomic mass is 16.5. The van der Waals surface area contributed by atoms with Crippen molar-refractivity contribution in [2.24, 2.45) is 11.7 Å². The van der Waals surface area contributed by atoms with Crippen molar-refractivity contribution in [1.29, 1.82) is 0 Å². The van der Waals surface area contributed by atoms with Crippen molar-refractivity contribution >= 4 is 17.8 Å². The van der Waals surface area contributed by atoms with E-state index in [1.54, 1.807) is 4.90 Å². The number of benzene rings is 1. The first kappa shape index (κ1) is 27.4. The van der Waals surface area contributed by atoms with Gasteiger partial charge in [0, 0.05) is 57.5 Å². The predicted octanol–water partition coefficient (Wildman–Crippen LogP) is 2.08. The van der Waals surface area contributed by atoms with Gasteiger partial charge in [-0.05, 0) is 49.4 Å². The molecule has 0 bridgehead atoms. The Morgan fingerprint density at radius 2 is 2.00 bits per heavy atom. The highest BCUT2D eigenvalue weighted by Gasteiger charge is 2.48. The molecular weight excluding hydrogens is 472 g/mol. The second-order valence-corrected chi connectivity index (χ2v) is 10.6. The molecule has 2 fully saturated rings. The summed E-state index contributed by atoms with van der Waals surface area (Å²) in [5, 5.41) is 10.4. The van der Waals surface area contributed by atoms with E-state index >= 15 is 0 Å². The van der Waals surface area contributed by atoms with Gasteiger partial charge in [0.15, 0.2) is 0 Å². The molecule has 3 N–H and O–H groups in total. The average molecular weight is 515 g/mol. The molecule has 0 aliphatic carbocycles. The van der Waals surface area contributed by atoms with Gasteiger partial charge in [-0.15, -0.1) is 0 Å². The summed E-state index contributed by atoms with van der Waals surface area (Å²) < 4.78 is 5.66. The molecule has 3 aliphatic rings. The van der Waals surface area contributed by atoms with Crippen molar-refractivity contribution in [2.75, 3.05) is 52.4 Å². The summed E-state index contributed by atoms with van der Waals surface area (Å²) in [7, 11) is 0. The Labute approximate surface area is 219 Å². The number of amides is 2. The fourth-order valence-corrected chi connectivity index (χ4v) is 6.05. The van der Waals surface area contributed by atoms with Gasteiger partial charge in [-0.2, -0.15) is 0 Å². The monoisotopic (exact) mass is 514 g/mol. The van der Waals surface area contributed by atoms with Gasteiger partial charge in [0.05, 0.1) is 19.1 Å². The van der Waals surface area contributed by atoms with Crippen LogP contribution in [0, 0.1) is 5.92 Å². The zero-order valence-electron chi connectivity index (χ0n) is 22.1. The number of carboxylic acid groups (broad SMARTS) is 1. The number of carboxylic acids is 1. The molecule has 0 radical (unpaired) electrons. The molecule has 0 aromatic heterocycles. The Bertz CT molecular complexity index is 970. The van der Waals surface area contributed by atoms with Crippen molar-refractivity contribution in [3.63, 3.8) is 0 Å². The third-order valence-corrected chi connectivity index (χ3v) is 8.11. The van der Waals surface area contributed by atoms with E-state index in [0.29, 0.717) is 52.3 Å². The number of carbonyl (C=O) groups excluding carboxylic acids is 2. The minimum absolute atomic E-state index is 0.0235. The van der Waals surface area contributed by atoms with Gasteiger partial charge in [0.1, 0.15) is 5.75 Å². The van der Waals surface area contributed by atoms with E-state index < -0.39 is 17.9 Å². The zero-order chi connectivity index (χ0) is 26.4. The number of ether oxygens (including phenoxy) is 1. The fraction of sp³-hybridized carbons (Fsp3) is 0.679. The Morgan fingerprint density at radius 3 is 2.70 bits per heavy atom. The smallest absolute Gasteiger partial charge is 0.308 e. The first-order valence-electron chi connectivity index (χ1n) is 13.9. The Kier molecular flexibility index (Phi) is 9.43. The lowest BCUT2D eigenvalue weighted by Gasteiger charge is -2.32. The largest absolute Gasteiger partial charge is 0.493 e. The maximum atomic E-state index is 13.5. The number of nitrogens with zero attached hydrogens (tertiary/aromatic N) is 3. The Hall–Kier alpha value is -2.65. The Morgan fingerprint density at radius 1 is 1.19 bits per heavy atom. The molecule has 2 amide bonds. The molecule has 37 heavy (non-hydrogen) atoms. The molecule has 9 heteroatoms. The molecule has 0 spiro atoms. The number of hydrogen-bond acceptors (Lipinski definition) is 6. The van der Waals surface area contributed by atoms with Crippen molar-refractivity contribution in [1.82, 2.24) is 14.7 Å². The number of hydrogen-bond donors (Lipinski definition) is 2. The number of carbonyl (C=O) groups is 3. The summed E-state index contributed by atoms with van der Waals surface area (Å²) >= 11 is 0. The standard InChI is InChI=1S/C28H42N4O5/c1-2-3-12-30(13-5-4-11-29)26(34)19-32-17-22(20-8-9-24-21(16-20)10-15-37-24)27(28(35)36)23(32)18-31-14-6-7-25(31)33/h8-9,16,22-23,27H,2-7,10-15,17-19,29H2,1H3,(H,35,36)/t22-,23+,27?/m1/s1. The topological polar surface area (TPSA) is 116 Å². The SMILES string of the molecule is CCCCN(CCCCN)C(=O)CN1C[C@H](c2ccc3c(c2)CCO3)C(C(=O)O)[C@@H]1CN1CCCC1=O. The zero-order valence-corrected chi connectivity index (χ0v) is 22.1. The Balaban J connectivity index is 1.58. The summed E-state index contributed by atoms with van der Waals surface area (Å²) in [5.41, 5.74) is 7.74. The summed E-state index contributed by atoms with van der Waals surface area (Å²) in [6.07, 6.45) is 5.76. The fourth-order valence-electron chi connectivity index (χ4n) is 6.05. The van der Waals surface area contributed by atoms with Gasteiger partial charge in [0.25, 0.3) is 0 Å². The number of fused-ring (bicyclic) bond motifs is 1. The first-order valence-corrected chi connectivity index (χ1v) is 13.9. The van der Waals surface area contributed by atoms with Crippen molar-refractivity contribution in [3.8, 4) is 5.75 Å². The molecule has 1 aromatic rings.